The zero-order valence-electron chi connectivity index (χ0n) is 18.0. The van der Waals surface area contributed by atoms with E-state index < -0.39 is 5.82 Å². The van der Waals surface area contributed by atoms with Gasteiger partial charge in [0.25, 0.3) is 0 Å². The summed E-state index contributed by atoms with van der Waals surface area (Å²) in [7, 11) is 1.63. The van der Waals surface area contributed by atoms with Gasteiger partial charge in [-0.1, -0.05) is 40.2 Å². The van der Waals surface area contributed by atoms with Gasteiger partial charge in [0, 0.05) is 27.5 Å². The molecular formula is C26H19BrFN3O2S. The zero-order valence-corrected chi connectivity index (χ0v) is 20.5. The van der Waals surface area contributed by atoms with E-state index in [-0.39, 0.29) is 17.6 Å². The number of para-hydroxylation sites is 1. The average Bonchev–Trinajstić information content (AvgIpc) is 3.32. The Morgan fingerprint density at radius 2 is 1.88 bits per heavy atom. The Labute approximate surface area is 208 Å². The first kappa shape index (κ1) is 21.2. The maximum atomic E-state index is 14.7. The van der Waals surface area contributed by atoms with Crippen LogP contribution in [0.5, 0.6) is 11.6 Å². The molecule has 1 aliphatic heterocycles. The van der Waals surface area contributed by atoms with E-state index in [4.69, 9.17) is 17.0 Å². The van der Waals surface area contributed by atoms with Gasteiger partial charge < -0.3 is 19.4 Å². The first-order valence-electron chi connectivity index (χ1n) is 10.7. The summed E-state index contributed by atoms with van der Waals surface area (Å²) in [6, 6.07) is 19.9. The molecule has 6 rings (SSSR count). The van der Waals surface area contributed by atoms with Crippen molar-refractivity contribution in [3.05, 3.63) is 104 Å². The van der Waals surface area contributed by atoms with E-state index in [9.17, 15) is 9.50 Å². The Balaban J connectivity index is 1.66. The molecule has 1 aliphatic rings. The molecule has 0 fully saturated rings. The van der Waals surface area contributed by atoms with Crippen LogP contribution >= 0.6 is 28.1 Å². The van der Waals surface area contributed by atoms with Crippen molar-refractivity contribution in [2.24, 2.45) is 0 Å². The fraction of sp³-hybridized carbons (Fsp3) is 0.115. The Kier molecular flexibility index (Phi) is 4.89. The van der Waals surface area contributed by atoms with Crippen LogP contribution < -0.4 is 4.74 Å². The number of halogens is 2. The van der Waals surface area contributed by atoms with Gasteiger partial charge in [0.2, 0.25) is 5.88 Å². The Morgan fingerprint density at radius 3 is 2.62 bits per heavy atom. The summed E-state index contributed by atoms with van der Waals surface area (Å²) < 4.78 is 24.7. The normalized spacial score (nSPS) is 14.7. The molecule has 3 aromatic carbocycles. The van der Waals surface area contributed by atoms with Crippen molar-refractivity contribution in [1.29, 1.82) is 0 Å². The predicted molar refractivity (Wildman–Crippen MR) is 135 cm³/mol. The number of imidazole rings is 1. The molecular weight excluding hydrogens is 517 g/mol. The van der Waals surface area contributed by atoms with E-state index in [1.54, 1.807) is 25.3 Å². The lowest BCUT2D eigenvalue weighted by Crippen LogP contribution is -2.21. The second-order valence-electron chi connectivity index (χ2n) is 8.27. The molecule has 170 valence electrons. The molecule has 2 aromatic heterocycles. The van der Waals surface area contributed by atoms with Gasteiger partial charge in [-0.05, 0) is 65.8 Å². The second-order valence-corrected chi connectivity index (χ2v) is 9.55. The van der Waals surface area contributed by atoms with Crippen LogP contribution in [0.15, 0.2) is 71.2 Å². The molecule has 1 unspecified atom stereocenters. The maximum absolute atomic E-state index is 14.7. The number of H-pyrrole nitrogens is 1. The number of fused-ring (bicyclic) bond motifs is 4. The number of hydrogen-bond donors (Lipinski definition) is 2. The summed E-state index contributed by atoms with van der Waals surface area (Å²) in [6.07, 6.45) is 0.454. The molecule has 0 radical (unpaired) electrons. The first-order valence-corrected chi connectivity index (χ1v) is 11.9. The van der Waals surface area contributed by atoms with Crippen LogP contribution in [-0.2, 0) is 6.42 Å². The van der Waals surface area contributed by atoms with Crippen molar-refractivity contribution in [1.82, 2.24) is 14.1 Å². The van der Waals surface area contributed by atoms with Crippen molar-refractivity contribution in [3.8, 4) is 17.3 Å². The van der Waals surface area contributed by atoms with Gasteiger partial charge in [-0.3, -0.25) is 4.57 Å². The van der Waals surface area contributed by atoms with Crippen LogP contribution in [0.1, 0.15) is 28.6 Å². The number of hydrogen-bond acceptors (Lipinski definition) is 3. The highest BCUT2D eigenvalue weighted by Crippen LogP contribution is 2.44. The smallest absolute Gasteiger partial charge is 0.218 e. The molecule has 5 nitrogen and oxygen atoms in total. The number of methoxy groups -OCH3 is 1. The van der Waals surface area contributed by atoms with E-state index in [0.717, 1.165) is 37.9 Å². The minimum absolute atomic E-state index is 0.0522. The van der Waals surface area contributed by atoms with Crippen molar-refractivity contribution in [2.45, 2.75) is 12.5 Å². The van der Waals surface area contributed by atoms with Gasteiger partial charge in [0.05, 0.1) is 18.5 Å². The first-order chi connectivity index (χ1) is 16.5. The van der Waals surface area contributed by atoms with Crippen LogP contribution in [0.2, 0.25) is 0 Å². The quantitative estimate of drug-likeness (QED) is 0.249. The monoisotopic (exact) mass is 535 g/mol. The van der Waals surface area contributed by atoms with Crippen molar-refractivity contribution < 1.29 is 14.2 Å². The third-order valence-electron chi connectivity index (χ3n) is 6.46. The number of ether oxygens (including phenoxy) is 1. The summed E-state index contributed by atoms with van der Waals surface area (Å²) in [5.74, 6) is 0.241. The van der Waals surface area contributed by atoms with Gasteiger partial charge in [-0.25, -0.2) is 4.39 Å². The second kappa shape index (κ2) is 7.85. The number of benzene rings is 3. The molecule has 8 heteroatoms. The van der Waals surface area contributed by atoms with Gasteiger partial charge in [0.1, 0.15) is 17.6 Å². The molecule has 0 amide bonds. The summed E-state index contributed by atoms with van der Waals surface area (Å²) in [6.45, 7) is 0. The molecule has 0 aliphatic carbocycles. The topological polar surface area (TPSA) is 55.1 Å². The van der Waals surface area contributed by atoms with E-state index >= 15 is 0 Å². The SMILES string of the molecule is COc1ccc(C2c3[nH]c4ccc(Br)cc4c3Cc3c(O)n(-c4ccccc4F)c(=S)n32)cc1. The number of aromatic amines is 1. The Morgan fingerprint density at radius 1 is 1.12 bits per heavy atom. The lowest BCUT2D eigenvalue weighted by Gasteiger charge is -2.26. The van der Waals surface area contributed by atoms with Crippen LogP contribution in [0.3, 0.4) is 0 Å². The molecule has 5 aromatic rings. The van der Waals surface area contributed by atoms with E-state index in [0.29, 0.717) is 16.9 Å². The van der Waals surface area contributed by atoms with Crippen LogP contribution in [0.25, 0.3) is 16.6 Å². The number of rotatable bonds is 3. The fourth-order valence-electron chi connectivity index (χ4n) is 4.89. The summed E-state index contributed by atoms with van der Waals surface area (Å²) in [5, 5.41) is 12.4. The zero-order chi connectivity index (χ0) is 23.6. The highest BCUT2D eigenvalue weighted by Gasteiger charge is 2.35. The van der Waals surface area contributed by atoms with E-state index in [2.05, 4.69) is 27.0 Å². The molecule has 1 atom stereocenters. The lowest BCUT2D eigenvalue weighted by atomic mass is 9.93. The van der Waals surface area contributed by atoms with Crippen LogP contribution in [-0.4, -0.2) is 26.3 Å². The van der Waals surface area contributed by atoms with E-state index in [1.807, 2.05) is 41.0 Å². The number of aromatic hydroxyl groups is 1. The third kappa shape index (κ3) is 3.05. The van der Waals surface area contributed by atoms with Crippen molar-refractivity contribution >= 4 is 39.1 Å². The summed E-state index contributed by atoms with van der Waals surface area (Å²) >= 11 is 9.43. The van der Waals surface area contributed by atoms with E-state index in [1.165, 1.54) is 10.6 Å². The highest BCUT2D eigenvalue weighted by atomic mass is 79.9. The molecule has 34 heavy (non-hydrogen) atoms. The van der Waals surface area contributed by atoms with Gasteiger partial charge in [0.15, 0.2) is 4.77 Å². The average molecular weight is 536 g/mol. The molecule has 2 N–H and O–H groups in total. The third-order valence-corrected chi connectivity index (χ3v) is 7.33. The van der Waals surface area contributed by atoms with Gasteiger partial charge in [-0.15, -0.1) is 0 Å². The molecule has 3 heterocycles. The minimum Gasteiger partial charge on any atom is -0.497 e. The molecule has 0 saturated heterocycles. The van der Waals surface area contributed by atoms with Crippen molar-refractivity contribution in [2.75, 3.05) is 7.11 Å². The minimum atomic E-state index is -0.453. The molecule has 0 saturated carbocycles. The highest BCUT2D eigenvalue weighted by molar-refractivity contribution is 9.10. The summed E-state index contributed by atoms with van der Waals surface area (Å²) in [4.78, 5) is 3.58. The lowest BCUT2D eigenvalue weighted by molar-refractivity contribution is 0.414. The predicted octanol–water partition coefficient (Wildman–Crippen LogP) is 6.65. The van der Waals surface area contributed by atoms with Gasteiger partial charge in [-0.2, -0.15) is 0 Å². The molecule has 0 spiro atoms. The number of nitrogens with zero attached hydrogens (tertiary/aromatic N) is 2. The summed E-state index contributed by atoms with van der Waals surface area (Å²) in [5.41, 5.74) is 4.90. The Hall–Kier alpha value is -3.36. The number of aromatic nitrogens is 3. The largest absolute Gasteiger partial charge is 0.497 e. The van der Waals surface area contributed by atoms with Crippen LogP contribution in [0.4, 0.5) is 4.39 Å². The maximum Gasteiger partial charge on any atom is 0.218 e. The molecule has 0 bridgehead atoms. The standard InChI is InChI=1S/C26H19BrFN3O2S/c1-33-16-9-6-14(7-10-16)24-23-18(17-12-15(27)8-11-20(17)29-23)13-22-25(32)31(26(34)30(22)24)21-5-3-2-4-19(21)28/h2-12,24,29,32H,13H2,1H3. The van der Waals surface area contributed by atoms with Gasteiger partial charge >= 0.3 is 0 Å². The van der Waals surface area contributed by atoms with Crippen molar-refractivity contribution in [3.63, 3.8) is 0 Å². The Bertz CT molecular complexity index is 1630. The van der Waals surface area contributed by atoms with Crippen LogP contribution in [0, 0.1) is 10.6 Å². The fourth-order valence-corrected chi connectivity index (χ4v) is 5.66. The number of nitrogens with one attached hydrogen (secondary N) is 1.